The number of hydrogen-bond donors (Lipinski definition) is 0. The van der Waals surface area contributed by atoms with Crippen LogP contribution in [0.4, 0.5) is 18.8 Å². The number of ether oxygens (including phenoxy) is 1. The van der Waals surface area contributed by atoms with E-state index in [1.165, 1.54) is 0 Å². The fraction of sp³-hybridized carbons (Fsp3) is 0.143. The van der Waals surface area contributed by atoms with Crippen molar-refractivity contribution in [2.75, 3.05) is 7.11 Å². The molecule has 2 radical (unpaired) electrons. The highest BCUT2D eigenvalue weighted by Crippen LogP contribution is 2.04. The van der Waals surface area contributed by atoms with Crippen LogP contribution in [0.15, 0.2) is 24.3 Å². The van der Waals surface area contributed by atoms with Crippen molar-refractivity contribution in [3.63, 3.8) is 0 Å². The minimum absolute atomic E-state index is 0. The molecular weight excluding hydrogens is 187 g/mol. The first-order chi connectivity index (χ1) is 4.33. The van der Waals surface area contributed by atoms with Gasteiger partial charge in [-0.2, -0.15) is 0 Å². The second kappa shape index (κ2) is 10.8. The van der Waals surface area contributed by atoms with Crippen molar-refractivity contribution in [3.8, 4) is 5.75 Å². The zero-order valence-electron chi connectivity index (χ0n) is 6.93. The minimum Gasteiger partial charge on any atom is -0.497 e. The number of benzene rings is 1. The maximum absolute atomic E-state index is 5.43. The van der Waals surface area contributed by atoms with Crippen LogP contribution in [0.5, 0.6) is 5.75 Å². The monoisotopic (exact) mass is 198 g/mol. The van der Waals surface area contributed by atoms with Crippen molar-refractivity contribution in [2.24, 2.45) is 0 Å². The number of halogens is 4. The lowest BCUT2D eigenvalue weighted by atomic mass is 9.97. The Morgan fingerprint density at radius 3 is 1.62 bits per heavy atom. The second-order valence-corrected chi connectivity index (χ2v) is 1.77. The summed E-state index contributed by atoms with van der Waals surface area (Å²) in [4.78, 5) is 0. The van der Waals surface area contributed by atoms with Crippen LogP contribution >= 0.6 is 0 Å². The second-order valence-electron chi connectivity index (χ2n) is 1.77. The average Bonchev–Trinajstić information content (AvgIpc) is 1.90. The molecular formula is C7H11BF4O. The van der Waals surface area contributed by atoms with Crippen LogP contribution in [-0.2, 0) is 0 Å². The normalized spacial score (nSPS) is 6.23. The Labute approximate surface area is 75.0 Å². The van der Waals surface area contributed by atoms with E-state index in [9.17, 15) is 0 Å². The highest BCUT2D eigenvalue weighted by atomic mass is 19.0. The maximum Gasteiger partial charge on any atom is 0.118 e. The van der Waals surface area contributed by atoms with E-state index in [1.54, 1.807) is 19.2 Å². The summed E-state index contributed by atoms with van der Waals surface area (Å²) in [7, 11) is 7.06. The van der Waals surface area contributed by atoms with E-state index in [4.69, 9.17) is 12.6 Å². The summed E-state index contributed by atoms with van der Waals surface area (Å²) in [5, 5.41) is 0. The minimum atomic E-state index is 0. The summed E-state index contributed by atoms with van der Waals surface area (Å²) < 4.78 is 4.91. The third-order valence-corrected chi connectivity index (χ3v) is 1.12. The lowest BCUT2D eigenvalue weighted by Gasteiger charge is -1.97. The molecule has 1 aromatic rings. The Kier molecular flexibility index (Phi) is 18.8. The Bertz CT molecular complexity index is 192. The molecule has 0 N–H and O–H groups in total. The zero-order valence-corrected chi connectivity index (χ0v) is 6.93. The van der Waals surface area contributed by atoms with Crippen LogP contribution in [0.25, 0.3) is 0 Å². The lowest BCUT2D eigenvalue weighted by molar-refractivity contribution is 0.415. The number of hydrogen-bond acceptors (Lipinski definition) is 1. The van der Waals surface area contributed by atoms with E-state index in [1.807, 2.05) is 12.1 Å². The van der Waals surface area contributed by atoms with Crippen molar-refractivity contribution in [1.29, 1.82) is 0 Å². The highest BCUT2D eigenvalue weighted by molar-refractivity contribution is 6.32. The topological polar surface area (TPSA) is 9.23 Å². The molecule has 0 aromatic heterocycles. The van der Waals surface area contributed by atoms with Crippen LogP contribution < -0.4 is 10.2 Å². The van der Waals surface area contributed by atoms with Crippen LogP contribution in [0.2, 0.25) is 0 Å². The number of methoxy groups -OCH3 is 1. The van der Waals surface area contributed by atoms with Gasteiger partial charge in [0.1, 0.15) is 13.6 Å². The molecule has 0 bridgehead atoms. The van der Waals surface area contributed by atoms with Gasteiger partial charge in [-0.1, -0.05) is 17.6 Å². The fourth-order valence-corrected chi connectivity index (χ4v) is 0.604. The molecule has 0 unspecified atom stereocenters. The third-order valence-electron chi connectivity index (χ3n) is 1.12. The molecule has 1 aromatic carbocycles. The zero-order chi connectivity index (χ0) is 6.69. The van der Waals surface area contributed by atoms with Crippen molar-refractivity contribution in [2.45, 2.75) is 0 Å². The molecule has 0 aliphatic heterocycles. The Balaban J connectivity index is -0.000000101. The van der Waals surface area contributed by atoms with Crippen molar-refractivity contribution >= 4 is 13.3 Å². The Morgan fingerprint density at radius 1 is 0.923 bits per heavy atom. The molecule has 13 heavy (non-hydrogen) atoms. The standard InChI is InChI=1S/C7H7BO.4FH/c1-9-7-4-2-6(8)3-5-7;;;;/h2-5H,1H3;4*1H. The van der Waals surface area contributed by atoms with Gasteiger partial charge in [0.05, 0.1) is 7.11 Å². The summed E-state index contributed by atoms with van der Waals surface area (Å²) >= 11 is 0. The number of rotatable bonds is 1. The van der Waals surface area contributed by atoms with Crippen molar-refractivity contribution < 1.29 is 23.6 Å². The molecule has 0 aliphatic carbocycles. The first kappa shape index (κ1) is 22.6. The molecule has 0 spiro atoms. The molecule has 1 nitrogen and oxygen atoms in total. The largest absolute Gasteiger partial charge is 0.497 e. The van der Waals surface area contributed by atoms with Gasteiger partial charge in [0, 0.05) is 0 Å². The average molecular weight is 198 g/mol. The molecule has 76 valence electrons. The van der Waals surface area contributed by atoms with E-state index in [0.29, 0.717) is 0 Å². The van der Waals surface area contributed by atoms with Gasteiger partial charge in [-0.25, -0.2) is 0 Å². The predicted molar refractivity (Wildman–Crippen MR) is 48.4 cm³/mol. The first-order valence-corrected chi connectivity index (χ1v) is 2.72. The van der Waals surface area contributed by atoms with Crippen LogP contribution in [0.1, 0.15) is 0 Å². The lowest BCUT2D eigenvalue weighted by Crippen LogP contribution is -1.99. The van der Waals surface area contributed by atoms with E-state index in [-0.39, 0.29) is 18.8 Å². The summed E-state index contributed by atoms with van der Waals surface area (Å²) in [6.07, 6.45) is 0. The van der Waals surface area contributed by atoms with Gasteiger partial charge in [0.15, 0.2) is 0 Å². The van der Waals surface area contributed by atoms with E-state index in [2.05, 4.69) is 0 Å². The van der Waals surface area contributed by atoms with Crippen LogP contribution in [0.3, 0.4) is 0 Å². The first-order valence-electron chi connectivity index (χ1n) is 2.72. The smallest absolute Gasteiger partial charge is 0.118 e. The molecule has 6 heteroatoms. The van der Waals surface area contributed by atoms with Gasteiger partial charge >= 0.3 is 0 Å². The molecule has 0 amide bonds. The maximum atomic E-state index is 5.43. The quantitative estimate of drug-likeness (QED) is 0.484. The van der Waals surface area contributed by atoms with Gasteiger partial charge < -0.3 is 4.74 Å². The van der Waals surface area contributed by atoms with Gasteiger partial charge in [-0.15, -0.1) is 0 Å². The highest BCUT2D eigenvalue weighted by Gasteiger charge is 1.85. The van der Waals surface area contributed by atoms with Gasteiger partial charge in [-0.3, -0.25) is 18.8 Å². The Morgan fingerprint density at radius 2 is 1.31 bits per heavy atom. The summed E-state index contributed by atoms with van der Waals surface area (Å²) in [5.41, 5.74) is 0.760. The van der Waals surface area contributed by atoms with Crippen LogP contribution in [-0.4, -0.2) is 15.0 Å². The summed E-state index contributed by atoms with van der Waals surface area (Å²) in [6.45, 7) is 0. The summed E-state index contributed by atoms with van der Waals surface area (Å²) in [5.74, 6) is 0.837. The molecule has 0 atom stereocenters. The predicted octanol–water partition coefficient (Wildman–Crippen LogP) is 1.10. The third kappa shape index (κ3) is 7.18. The van der Waals surface area contributed by atoms with Gasteiger partial charge in [0.2, 0.25) is 0 Å². The van der Waals surface area contributed by atoms with Crippen molar-refractivity contribution in [3.05, 3.63) is 24.3 Å². The molecule has 0 fully saturated rings. The Hall–Kier alpha value is -1.20. The molecule has 0 saturated heterocycles. The fourth-order valence-electron chi connectivity index (χ4n) is 0.604. The SMILES string of the molecule is F.F.F.F.[B]c1ccc(OC)cc1. The van der Waals surface area contributed by atoms with E-state index < -0.39 is 0 Å². The molecule has 0 aliphatic rings. The van der Waals surface area contributed by atoms with Crippen molar-refractivity contribution in [1.82, 2.24) is 0 Å². The molecule has 1 rings (SSSR count). The van der Waals surface area contributed by atoms with E-state index >= 15 is 0 Å². The summed E-state index contributed by atoms with van der Waals surface area (Å²) in [6, 6.07) is 7.27. The van der Waals surface area contributed by atoms with Gasteiger partial charge in [0.25, 0.3) is 0 Å². The van der Waals surface area contributed by atoms with Gasteiger partial charge in [-0.05, 0) is 12.1 Å². The molecule has 0 heterocycles. The van der Waals surface area contributed by atoms with E-state index in [0.717, 1.165) is 11.2 Å². The molecule has 0 saturated carbocycles. The van der Waals surface area contributed by atoms with Crippen LogP contribution in [0, 0.1) is 0 Å².